The maximum absolute atomic E-state index is 13.2. The molecule has 8 heteroatoms. The van der Waals surface area contributed by atoms with Crippen LogP contribution in [0.3, 0.4) is 0 Å². The number of amides is 1. The highest BCUT2D eigenvalue weighted by molar-refractivity contribution is 6.05. The third-order valence-corrected chi connectivity index (χ3v) is 4.93. The molecule has 2 aliphatic rings. The minimum absolute atomic E-state index is 0.0507. The Morgan fingerprint density at radius 2 is 2.12 bits per heavy atom. The monoisotopic (exact) mass is 358 g/mol. The number of morpholine rings is 1. The van der Waals surface area contributed by atoms with Crippen LogP contribution in [0.1, 0.15) is 54.7 Å². The number of rotatable bonds is 4. The Morgan fingerprint density at radius 1 is 1.35 bits per heavy atom. The Kier molecular flexibility index (Phi) is 4.14. The molecule has 1 unspecified atom stereocenters. The summed E-state index contributed by atoms with van der Waals surface area (Å²) in [4.78, 5) is 30.7. The molecule has 1 amide bonds. The lowest BCUT2D eigenvalue weighted by Crippen LogP contribution is -2.48. The van der Waals surface area contributed by atoms with Crippen molar-refractivity contribution in [1.82, 2.24) is 19.7 Å². The molecule has 3 heterocycles. The molecule has 1 atom stereocenters. The number of pyridine rings is 1. The molecule has 2 aromatic heterocycles. The highest BCUT2D eigenvalue weighted by atomic mass is 16.5. The predicted molar refractivity (Wildman–Crippen MR) is 93.2 cm³/mol. The second-order valence-electron chi connectivity index (χ2n) is 7.24. The molecule has 0 spiro atoms. The molecule has 1 N–H and O–H groups in total. The van der Waals surface area contributed by atoms with Crippen LogP contribution < -0.4 is 0 Å². The van der Waals surface area contributed by atoms with Gasteiger partial charge in [-0.3, -0.25) is 4.79 Å². The van der Waals surface area contributed by atoms with Gasteiger partial charge in [0.25, 0.3) is 5.91 Å². The first-order valence-corrected chi connectivity index (χ1v) is 8.97. The Labute approximate surface area is 150 Å². The van der Waals surface area contributed by atoms with Crippen molar-refractivity contribution < 1.29 is 19.4 Å². The number of fused-ring (bicyclic) bond motifs is 1. The molecule has 1 saturated heterocycles. The second-order valence-corrected chi connectivity index (χ2v) is 7.24. The normalized spacial score (nSPS) is 20.7. The molecule has 26 heavy (non-hydrogen) atoms. The van der Waals surface area contributed by atoms with Gasteiger partial charge in [-0.15, -0.1) is 0 Å². The van der Waals surface area contributed by atoms with Gasteiger partial charge in [0.15, 0.2) is 11.8 Å². The highest BCUT2D eigenvalue weighted by Crippen LogP contribution is 2.40. The Hall–Kier alpha value is -2.48. The molecular weight excluding hydrogens is 336 g/mol. The SMILES string of the molecule is CC(C)n1ncc2c(C(=O)N3CCOC(C(=O)O)C3)cc(C3CC3)nc21. The van der Waals surface area contributed by atoms with Crippen LogP contribution in [0.4, 0.5) is 0 Å². The van der Waals surface area contributed by atoms with Crippen molar-refractivity contribution in [1.29, 1.82) is 0 Å². The van der Waals surface area contributed by atoms with Gasteiger partial charge in [-0.05, 0) is 32.8 Å². The summed E-state index contributed by atoms with van der Waals surface area (Å²) in [5.74, 6) is -0.830. The van der Waals surface area contributed by atoms with Gasteiger partial charge >= 0.3 is 5.97 Å². The molecule has 1 aliphatic heterocycles. The molecule has 138 valence electrons. The molecular formula is C18H22N4O4. The molecule has 1 saturated carbocycles. The van der Waals surface area contributed by atoms with E-state index in [0.29, 0.717) is 23.4 Å². The van der Waals surface area contributed by atoms with Crippen LogP contribution in [0.25, 0.3) is 11.0 Å². The molecule has 0 radical (unpaired) electrons. The highest BCUT2D eigenvalue weighted by Gasteiger charge is 2.32. The molecule has 8 nitrogen and oxygen atoms in total. The zero-order valence-corrected chi connectivity index (χ0v) is 14.9. The topological polar surface area (TPSA) is 97.6 Å². The van der Waals surface area contributed by atoms with E-state index in [9.17, 15) is 14.7 Å². The van der Waals surface area contributed by atoms with Crippen LogP contribution in [0, 0.1) is 0 Å². The third-order valence-electron chi connectivity index (χ3n) is 4.93. The number of carboxylic acids is 1. The lowest BCUT2D eigenvalue weighted by molar-refractivity contribution is -0.154. The fourth-order valence-corrected chi connectivity index (χ4v) is 3.33. The van der Waals surface area contributed by atoms with Crippen molar-refractivity contribution in [3.63, 3.8) is 0 Å². The number of hydrogen-bond donors (Lipinski definition) is 1. The summed E-state index contributed by atoms with van der Waals surface area (Å²) < 4.78 is 7.06. The zero-order valence-electron chi connectivity index (χ0n) is 14.9. The first-order chi connectivity index (χ1) is 12.5. The van der Waals surface area contributed by atoms with Crippen molar-refractivity contribution in [3.8, 4) is 0 Å². The minimum atomic E-state index is -1.05. The maximum atomic E-state index is 13.2. The van der Waals surface area contributed by atoms with Crippen LogP contribution >= 0.6 is 0 Å². The molecule has 2 fully saturated rings. The maximum Gasteiger partial charge on any atom is 0.334 e. The van der Waals surface area contributed by atoms with E-state index >= 15 is 0 Å². The van der Waals surface area contributed by atoms with E-state index in [4.69, 9.17) is 9.72 Å². The lowest BCUT2D eigenvalue weighted by atomic mass is 10.1. The third kappa shape index (κ3) is 2.94. The van der Waals surface area contributed by atoms with Crippen molar-refractivity contribution in [3.05, 3.63) is 23.5 Å². The summed E-state index contributed by atoms with van der Waals surface area (Å²) >= 11 is 0. The molecule has 4 rings (SSSR count). The van der Waals surface area contributed by atoms with Crippen LogP contribution in [0.2, 0.25) is 0 Å². The van der Waals surface area contributed by atoms with Crippen molar-refractivity contribution >= 4 is 22.9 Å². The summed E-state index contributed by atoms with van der Waals surface area (Å²) in [6, 6.07) is 2.00. The van der Waals surface area contributed by atoms with Gasteiger partial charge < -0.3 is 14.7 Å². The number of aliphatic carboxylic acids is 1. The Bertz CT molecular complexity index is 871. The van der Waals surface area contributed by atoms with Crippen LogP contribution in [-0.4, -0.2) is 62.4 Å². The average Bonchev–Trinajstić information content (AvgIpc) is 3.39. The van der Waals surface area contributed by atoms with Crippen LogP contribution in [0.15, 0.2) is 12.3 Å². The predicted octanol–water partition coefficient (Wildman–Crippen LogP) is 1.82. The van der Waals surface area contributed by atoms with Crippen molar-refractivity contribution in [2.45, 2.75) is 44.8 Å². The van der Waals surface area contributed by atoms with E-state index in [2.05, 4.69) is 5.10 Å². The quantitative estimate of drug-likeness (QED) is 0.895. The van der Waals surface area contributed by atoms with Gasteiger partial charge in [0, 0.05) is 24.2 Å². The van der Waals surface area contributed by atoms with E-state index in [1.54, 1.807) is 11.1 Å². The number of aromatic nitrogens is 3. The van der Waals surface area contributed by atoms with E-state index < -0.39 is 12.1 Å². The summed E-state index contributed by atoms with van der Waals surface area (Å²) in [5, 5.41) is 14.3. The fourth-order valence-electron chi connectivity index (χ4n) is 3.33. The first kappa shape index (κ1) is 17.0. The standard InChI is InChI=1S/C18H22N4O4/c1-10(2)22-16-13(8-19-22)12(7-14(20-16)11-3-4-11)17(23)21-5-6-26-15(9-21)18(24)25/h7-8,10-11,15H,3-6,9H2,1-2H3,(H,24,25). The van der Waals surface area contributed by atoms with E-state index in [1.165, 1.54) is 0 Å². The summed E-state index contributed by atoms with van der Waals surface area (Å²) in [6.07, 6.45) is 2.87. The van der Waals surface area contributed by atoms with Crippen LogP contribution in [-0.2, 0) is 9.53 Å². The smallest absolute Gasteiger partial charge is 0.334 e. The van der Waals surface area contributed by atoms with Gasteiger partial charge in [0.05, 0.1) is 30.3 Å². The summed E-state index contributed by atoms with van der Waals surface area (Å²) in [6.45, 7) is 4.70. The summed E-state index contributed by atoms with van der Waals surface area (Å²) in [5.41, 5.74) is 2.19. The number of nitrogens with zero attached hydrogens (tertiary/aromatic N) is 4. The Balaban J connectivity index is 1.75. The van der Waals surface area contributed by atoms with Crippen molar-refractivity contribution in [2.24, 2.45) is 0 Å². The van der Waals surface area contributed by atoms with Gasteiger partial charge in [-0.2, -0.15) is 5.10 Å². The molecule has 0 aromatic carbocycles. The van der Waals surface area contributed by atoms with Gasteiger partial charge in [0.2, 0.25) is 0 Å². The number of carbonyl (C=O) groups is 2. The summed E-state index contributed by atoms with van der Waals surface area (Å²) in [7, 11) is 0. The number of carboxylic acid groups (broad SMARTS) is 1. The van der Waals surface area contributed by atoms with Gasteiger partial charge in [0.1, 0.15) is 0 Å². The van der Waals surface area contributed by atoms with E-state index in [-0.39, 0.29) is 25.1 Å². The van der Waals surface area contributed by atoms with Crippen molar-refractivity contribution in [2.75, 3.05) is 19.7 Å². The first-order valence-electron chi connectivity index (χ1n) is 8.97. The average molecular weight is 358 g/mol. The molecule has 2 aromatic rings. The van der Waals surface area contributed by atoms with E-state index in [0.717, 1.165) is 24.2 Å². The minimum Gasteiger partial charge on any atom is -0.479 e. The second kappa shape index (κ2) is 6.35. The largest absolute Gasteiger partial charge is 0.479 e. The molecule has 0 bridgehead atoms. The number of ether oxygens (including phenoxy) is 1. The fraction of sp³-hybridized carbons (Fsp3) is 0.556. The van der Waals surface area contributed by atoms with Gasteiger partial charge in [-0.1, -0.05) is 0 Å². The lowest BCUT2D eigenvalue weighted by Gasteiger charge is -2.31. The van der Waals surface area contributed by atoms with Gasteiger partial charge in [-0.25, -0.2) is 14.5 Å². The number of carbonyl (C=O) groups excluding carboxylic acids is 1. The zero-order chi connectivity index (χ0) is 18.4. The van der Waals surface area contributed by atoms with Crippen LogP contribution in [0.5, 0.6) is 0 Å². The Morgan fingerprint density at radius 3 is 2.77 bits per heavy atom. The molecule has 1 aliphatic carbocycles. The number of hydrogen-bond acceptors (Lipinski definition) is 5. The van der Waals surface area contributed by atoms with E-state index in [1.807, 2.05) is 24.6 Å².